The van der Waals surface area contributed by atoms with Crippen molar-refractivity contribution in [3.63, 3.8) is 0 Å². The van der Waals surface area contributed by atoms with Gasteiger partial charge in [0.2, 0.25) is 0 Å². The second kappa shape index (κ2) is 9.17. The first-order valence-electron chi connectivity index (χ1n) is 10.1. The van der Waals surface area contributed by atoms with E-state index in [1.54, 1.807) is 36.5 Å². The average molecular weight is 480 g/mol. The van der Waals surface area contributed by atoms with E-state index in [9.17, 15) is 18.0 Å². The van der Waals surface area contributed by atoms with E-state index in [2.05, 4.69) is 9.97 Å². The highest BCUT2D eigenvalue weighted by molar-refractivity contribution is 6.30. The van der Waals surface area contributed by atoms with Gasteiger partial charge in [0.05, 0.1) is 25.1 Å². The molecule has 2 heterocycles. The number of benzene rings is 2. The van der Waals surface area contributed by atoms with Gasteiger partial charge in [-0.25, -0.2) is 4.98 Å². The number of amides is 1. The molecular weight excluding hydrogens is 459 g/mol. The Labute approximate surface area is 193 Å². The van der Waals surface area contributed by atoms with Crippen LogP contribution in [0, 0.1) is 0 Å². The third-order valence-corrected chi connectivity index (χ3v) is 5.89. The number of rotatable bonds is 5. The molecular formula is C23H21ClF3N3O3. The summed E-state index contributed by atoms with van der Waals surface area (Å²) in [6.45, 7) is 0.0414. The Morgan fingerprint density at radius 1 is 1.18 bits per heavy atom. The van der Waals surface area contributed by atoms with Gasteiger partial charge in [-0.1, -0.05) is 54.1 Å². The predicted octanol–water partition coefficient (Wildman–Crippen LogP) is 4.73. The molecule has 1 fully saturated rings. The molecule has 4 rings (SSSR count). The Morgan fingerprint density at radius 2 is 1.88 bits per heavy atom. The number of nitrogens with zero attached hydrogens (tertiary/aromatic N) is 2. The molecule has 0 radical (unpaired) electrons. The van der Waals surface area contributed by atoms with E-state index in [4.69, 9.17) is 21.1 Å². The first-order valence-corrected chi connectivity index (χ1v) is 10.5. The minimum Gasteiger partial charge on any atom is -0.377 e. The highest BCUT2D eigenvalue weighted by Crippen LogP contribution is 2.44. The van der Waals surface area contributed by atoms with Gasteiger partial charge < -0.3 is 19.4 Å². The third kappa shape index (κ3) is 4.23. The van der Waals surface area contributed by atoms with Crippen molar-refractivity contribution in [1.82, 2.24) is 14.9 Å². The molecule has 1 aliphatic rings. The number of hydrogen-bond donors (Lipinski definition) is 1. The Bertz CT molecular complexity index is 1110. The standard InChI is InChI=1S/C23H21ClF3N3O3/c1-32-22(23(25,26)27,16-5-3-2-4-6-16)21(31)30-11-12-33-14-19(30)20-28-13-18(29-20)15-7-9-17(24)10-8-15/h2-10,13,19H,11-12,14H2,1H3,(H,28,29)/t19-,22+/m0/s1. The summed E-state index contributed by atoms with van der Waals surface area (Å²) in [5.74, 6) is -0.908. The Balaban J connectivity index is 1.72. The van der Waals surface area contributed by atoms with Crippen molar-refractivity contribution in [2.24, 2.45) is 0 Å². The summed E-state index contributed by atoms with van der Waals surface area (Å²) in [7, 11) is 0.888. The van der Waals surface area contributed by atoms with Crippen molar-refractivity contribution in [2.45, 2.75) is 17.8 Å². The lowest BCUT2D eigenvalue weighted by Crippen LogP contribution is -2.59. The van der Waals surface area contributed by atoms with Crippen LogP contribution in [0.5, 0.6) is 0 Å². The summed E-state index contributed by atoms with van der Waals surface area (Å²) in [6, 6.07) is 13.1. The van der Waals surface area contributed by atoms with Gasteiger partial charge in [-0.3, -0.25) is 4.79 Å². The zero-order chi connectivity index (χ0) is 23.6. The number of alkyl halides is 3. The lowest BCUT2D eigenvalue weighted by atomic mass is 9.90. The maximum atomic E-state index is 14.4. The second-order valence-corrected chi connectivity index (χ2v) is 7.96. The Morgan fingerprint density at radius 3 is 2.52 bits per heavy atom. The van der Waals surface area contributed by atoms with Gasteiger partial charge in [0.15, 0.2) is 0 Å². The van der Waals surface area contributed by atoms with E-state index in [0.29, 0.717) is 16.5 Å². The summed E-state index contributed by atoms with van der Waals surface area (Å²) in [4.78, 5) is 22.1. The van der Waals surface area contributed by atoms with Crippen LogP contribution >= 0.6 is 11.6 Å². The van der Waals surface area contributed by atoms with Crippen LogP contribution in [-0.4, -0.2) is 53.8 Å². The van der Waals surface area contributed by atoms with Gasteiger partial charge in [0.25, 0.3) is 11.5 Å². The van der Waals surface area contributed by atoms with Crippen LogP contribution in [0.3, 0.4) is 0 Å². The molecule has 33 heavy (non-hydrogen) atoms. The minimum absolute atomic E-state index is 0.00818. The van der Waals surface area contributed by atoms with E-state index < -0.39 is 23.7 Å². The summed E-state index contributed by atoms with van der Waals surface area (Å²) in [5.41, 5.74) is -2.03. The number of morpholine rings is 1. The van der Waals surface area contributed by atoms with E-state index >= 15 is 0 Å². The third-order valence-electron chi connectivity index (χ3n) is 5.64. The van der Waals surface area contributed by atoms with E-state index in [1.165, 1.54) is 24.3 Å². The lowest BCUT2D eigenvalue weighted by molar-refractivity contribution is -0.272. The van der Waals surface area contributed by atoms with Crippen molar-refractivity contribution in [1.29, 1.82) is 0 Å². The van der Waals surface area contributed by atoms with Crippen molar-refractivity contribution in [2.75, 3.05) is 26.9 Å². The molecule has 0 aliphatic carbocycles. The zero-order valence-electron chi connectivity index (χ0n) is 17.6. The minimum atomic E-state index is -5.00. The highest BCUT2D eigenvalue weighted by Gasteiger charge is 2.64. The summed E-state index contributed by atoms with van der Waals surface area (Å²) in [6.07, 6.45) is -3.44. The molecule has 10 heteroatoms. The Kier molecular flexibility index (Phi) is 6.47. The van der Waals surface area contributed by atoms with Gasteiger partial charge in [0.1, 0.15) is 11.9 Å². The lowest BCUT2D eigenvalue weighted by Gasteiger charge is -2.42. The summed E-state index contributed by atoms with van der Waals surface area (Å²) in [5, 5.41) is 0.569. The van der Waals surface area contributed by atoms with Crippen molar-refractivity contribution < 1.29 is 27.4 Å². The number of imidazole rings is 1. The van der Waals surface area contributed by atoms with Crippen LogP contribution in [0.1, 0.15) is 17.4 Å². The fraction of sp³-hybridized carbons (Fsp3) is 0.304. The van der Waals surface area contributed by atoms with Gasteiger partial charge in [0, 0.05) is 24.2 Å². The van der Waals surface area contributed by atoms with Crippen LogP contribution in [0.2, 0.25) is 5.02 Å². The SMILES string of the molecule is CO[C@@](C(=O)N1CCOC[C@H]1c1ncc(-c2ccc(Cl)cc2)[nH]1)(c1ccccc1)C(F)(F)F. The molecule has 0 saturated carbocycles. The molecule has 1 saturated heterocycles. The number of aromatic nitrogens is 2. The average Bonchev–Trinajstić information content (AvgIpc) is 3.30. The molecule has 3 aromatic rings. The van der Waals surface area contributed by atoms with Crippen LogP contribution in [0.25, 0.3) is 11.3 Å². The van der Waals surface area contributed by atoms with Gasteiger partial charge >= 0.3 is 6.18 Å². The molecule has 174 valence electrons. The predicted molar refractivity (Wildman–Crippen MR) is 115 cm³/mol. The molecule has 2 atom stereocenters. The second-order valence-electron chi connectivity index (χ2n) is 7.53. The quantitative estimate of drug-likeness (QED) is 0.574. The number of ether oxygens (including phenoxy) is 2. The number of H-pyrrole nitrogens is 1. The molecule has 6 nitrogen and oxygen atoms in total. The Hall–Kier alpha value is -2.88. The molecule has 2 aromatic carbocycles. The summed E-state index contributed by atoms with van der Waals surface area (Å²) < 4.78 is 53.7. The highest BCUT2D eigenvalue weighted by atomic mass is 35.5. The fourth-order valence-electron chi connectivity index (χ4n) is 3.96. The number of carbonyl (C=O) groups excluding carboxylic acids is 1. The van der Waals surface area contributed by atoms with E-state index in [-0.39, 0.29) is 25.3 Å². The van der Waals surface area contributed by atoms with E-state index in [0.717, 1.165) is 17.6 Å². The van der Waals surface area contributed by atoms with Gasteiger partial charge in [-0.05, 0) is 17.7 Å². The first-order chi connectivity index (χ1) is 15.8. The largest absolute Gasteiger partial charge is 0.430 e. The topological polar surface area (TPSA) is 67.4 Å². The normalized spacial score (nSPS) is 18.7. The maximum Gasteiger partial charge on any atom is 0.430 e. The van der Waals surface area contributed by atoms with Crippen molar-refractivity contribution in [3.8, 4) is 11.3 Å². The van der Waals surface area contributed by atoms with Crippen molar-refractivity contribution >= 4 is 17.5 Å². The molecule has 1 aromatic heterocycles. The van der Waals surface area contributed by atoms with Crippen LogP contribution < -0.4 is 0 Å². The number of nitrogens with one attached hydrogen (secondary N) is 1. The smallest absolute Gasteiger partial charge is 0.377 e. The van der Waals surface area contributed by atoms with Gasteiger partial charge in [-0.2, -0.15) is 13.2 Å². The molecule has 0 spiro atoms. The summed E-state index contributed by atoms with van der Waals surface area (Å²) >= 11 is 5.93. The van der Waals surface area contributed by atoms with Crippen LogP contribution in [-0.2, 0) is 19.9 Å². The molecule has 1 N–H and O–H groups in total. The number of halogens is 4. The van der Waals surface area contributed by atoms with Crippen molar-refractivity contribution in [3.05, 3.63) is 77.2 Å². The van der Waals surface area contributed by atoms with Gasteiger partial charge in [-0.15, -0.1) is 0 Å². The number of carbonyl (C=O) groups is 1. The monoisotopic (exact) mass is 479 g/mol. The molecule has 1 amide bonds. The zero-order valence-corrected chi connectivity index (χ0v) is 18.4. The molecule has 0 bridgehead atoms. The van der Waals surface area contributed by atoms with E-state index in [1.807, 2.05) is 0 Å². The number of aromatic amines is 1. The first kappa shape index (κ1) is 23.3. The molecule has 1 aliphatic heterocycles. The van der Waals surface area contributed by atoms with Crippen LogP contribution in [0.15, 0.2) is 60.8 Å². The number of hydrogen-bond acceptors (Lipinski definition) is 4. The number of methoxy groups -OCH3 is 1. The molecule has 0 unspecified atom stereocenters. The fourth-order valence-corrected chi connectivity index (χ4v) is 4.09. The maximum absolute atomic E-state index is 14.4. The van der Waals surface area contributed by atoms with Crippen LogP contribution in [0.4, 0.5) is 13.2 Å².